The molecule has 0 spiro atoms. The molecular weight excluding hydrogens is 398 g/mol. The van der Waals surface area contributed by atoms with Crippen molar-refractivity contribution in [3.63, 3.8) is 0 Å². The molecule has 1 saturated carbocycles. The molecule has 0 aromatic heterocycles. The van der Waals surface area contributed by atoms with Crippen LogP contribution < -0.4 is 15.4 Å². The number of urea groups is 1. The van der Waals surface area contributed by atoms with Gasteiger partial charge in [0.25, 0.3) is 5.91 Å². The number of carbonyl (C=O) groups is 3. The van der Waals surface area contributed by atoms with Crippen LogP contribution in [-0.4, -0.2) is 45.5 Å². The molecule has 1 aromatic carbocycles. The van der Waals surface area contributed by atoms with Crippen molar-refractivity contribution in [1.82, 2.24) is 15.4 Å². The van der Waals surface area contributed by atoms with Gasteiger partial charge in [0, 0.05) is 12.6 Å². The van der Waals surface area contributed by atoms with Crippen LogP contribution in [0.5, 0.6) is 0 Å². The minimum absolute atomic E-state index is 0.0310. The SMILES string of the molecule is CCNS(=O)(=O)c1ccc(C)c(C(=O)OCC(=O)NC(=O)NC2CCCCC2)c1. The van der Waals surface area contributed by atoms with Crippen LogP contribution in [0, 0.1) is 6.92 Å². The maximum Gasteiger partial charge on any atom is 0.338 e. The van der Waals surface area contributed by atoms with Crippen molar-refractivity contribution in [2.45, 2.75) is 56.9 Å². The first-order valence-electron chi connectivity index (χ1n) is 9.60. The number of amides is 3. The Hall–Kier alpha value is -2.46. The molecule has 0 aliphatic heterocycles. The lowest BCUT2D eigenvalue weighted by Crippen LogP contribution is -2.46. The molecule has 0 unspecified atom stereocenters. The number of hydrogen-bond acceptors (Lipinski definition) is 6. The van der Waals surface area contributed by atoms with Crippen LogP contribution in [-0.2, 0) is 19.6 Å². The molecule has 160 valence electrons. The summed E-state index contributed by atoms with van der Waals surface area (Å²) in [5.74, 6) is -1.61. The highest BCUT2D eigenvalue weighted by atomic mass is 32.2. The summed E-state index contributed by atoms with van der Waals surface area (Å²) in [4.78, 5) is 35.9. The summed E-state index contributed by atoms with van der Waals surface area (Å²) in [7, 11) is -3.73. The number of benzene rings is 1. The zero-order valence-electron chi connectivity index (χ0n) is 16.6. The van der Waals surface area contributed by atoms with Crippen molar-refractivity contribution >= 4 is 27.9 Å². The van der Waals surface area contributed by atoms with Crippen LogP contribution >= 0.6 is 0 Å². The Morgan fingerprint density at radius 1 is 1.14 bits per heavy atom. The number of carbonyl (C=O) groups excluding carboxylic acids is 3. The summed E-state index contributed by atoms with van der Waals surface area (Å²) in [5, 5.41) is 4.86. The van der Waals surface area contributed by atoms with Gasteiger partial charge in [0.05, 0.1) is 10.5 Å². The van der Waals surface area contributed by atoms with Crippen LogP contribution in [0.25, 0.3) is 0 Å². The molecular formula is C19H27N3O6S. The average molecular weight is 426 g/mol. The van der Waals surface area contributed by atoms with E-state index in [4.69, 9.17) is 4.74 Å². The molecule has 0 bridgehead atoms. The van der Waals surface area contributed by atoms with Gasteiger partial charge in [0.1, 0.15) is 0 Å². The molecule has 0 saturated heterocycles. The Labute approximate surface area is 170 Å². The Balaban J connectivity index is 1.91. The third-order valence-corrected chi connectivity index (χ3v) is 6.14. The number of nitrogens with one attached hydrogen (secondary N) is 3. The van der Waals surface area contributed by atoms with Crippen molar-refractivity contribution in [2.75, 3.05) is 13.2 Å². The monoisotopic (exact) mass is 425 g/mol. The van der Waals surface area contributed by atoms with Crippen molar-refractivity contribution in [2.24, 2.45) is 0 Å². The summed E-state index contributed by atoms with van der Waals surface area (Å²) in [6.07, 6.45) is 4.98. The molecule has 0 atom stereocenters. The zero-order chi connectivity index (χ0) is 21.4. The fraction of sp³-hybridized carbons (Fsp3) is 0.526. The first-order chi connectivity index (χ1) is 13.7. The van der Waals surface area contributed by atoms with Gasteiger partial charge in [-0.3, -0.25) is 10.1 Å². The number of imide groups is 1. The standard InChI is InChI=1S/C19H27N3O6S/c1-3-20-29(26,27)15-10-9-13(2)16(11-15)18(24)28-12-17(23)22-19(25)21-14-7-5-4-6-8-14/h9-11,14,20H,3-8,12H2,1-2H3,(H2,21,22,23,25). The maximum atomic E-state index is 12.3. The van der Waals surface area contributed by atoms with Gasteiger partial charge in [-0.05, 0) is 37.5 Å². The van der Waals surface area contributed by atoms with Gasteiger partial charge in [-0.25, -0.2) is 22.7 Å². The van der Waals surface area contributed by atoms with Gasteiger partial charge in [-0.2, -0.15) is 0 Å². The minimum Gasteiger partial charge on any atom is -0.452 e. The average Bonchev–Trinajstić information content (AvgIpc) is 2.67. The third-order valence-electron chi connectivity index (χ3n) is 4.60. The lowest BCUT2D eigenvalue weighted by molar-refractivity contribution is -0.123. The van der Waals surface area contributed by atoms with E-state index >= 15 is 0 Å². The fourth-order valence-corrected chi connectivity index (χ4v) is 4.17. The molecule has 29 heavy (non-hydrogen) atoms. The summed E-state index contributed by atoms with van der Waals surface area (Å²) < 4.78 is 31.5. The highest BCUT2D eigenvalue weighted by Gasteiger charge is 2.20. The van der Waals surface area contributed by atoms with Gasteiger partial charge in [-0.15, -0.1) is 0 Å². The molecule has 1 aliphatic rings. The van der Waals surface area contributed by atoms with Gasteiger partial charge in [-0.1, -0.05) is 32.3 Å². The van der Waals surface area contributed by atoms with Crippen LogP contribution in [0.1, 0.15) is 54.9 Å². The number of sulfonamides is 1. The van der Waals surface area contributed by atoms with E-state index < -0.39 is 34.5 Å². The molecule has 3 amide bonds. The maximum absolute atomic E-state index is 12.3. The lowest BCUT2D eigenvalue weighted by atomic mass is 9.96. The smallest absolute Gasteiger partial charge is 0.338 e. The van der Waals surface area contributed by atoms with Crippen LogP contribution in [0.4, 0.5) is 4.79 Å². The first-order valence-corrected chi connectivity index (χ1v) is 11.1. The number of esters is 1. The largest absolute Gasteiger partial charge is 0.452 e. The van der Waals surface area contributed by atoms with Gasteiger partial charge < -0.3 is 10.1 Å². The molecule has 0 radical (unpaired) electrons. The van der Waals surface area contributed by atoms with E-state index in [0.717, 1.165) is 32.1 Å². The second kappa shape index (κ2) is 10.4. The number of hydrogen-bond donors (Lipinski definition) is 3. The minimum atomic E-state index is -3.73. The predicted molar refractivity (Wildman–Crippen MR) is 106 cm³/mol. The van der Waals surface area contributed by atoms with E-state index in [0.29, 0.717) is 5.56 Å². The molecule has 1 aliphatic carbocycles. The van der Waals surface area contributed by atoms with Gasteiger partial charge in [0.2, 0.25) is 10.0 Å². The molecule has 2 rings (SSSR count). The first kappa shape index (κ1) is 22.8. The number of ether oxygens (including phenoxy) is 1. The quantitative estimate of drug-likeness (QED) is 0.569. The zero-order valence-corrected chi connectivity index (χ0v) is 17.4. The van der Waals surface area contributed by atoms with Crippen molar-refractivity contribution in [1.29, 1.82) is 0 Å². The van der Waals surface area contributed by atoms with Crippen molar-refractivity contribution < 1.29 is 27.5 Å². The lowest BCUT2D eigenvalue weighted by Gasteiger charge is -2.22. The Morgan fingerprint density at radius 3 is 2.48 bits per heavy atom. The van der Waals surface area contributed by atoms with E-state index in [1.165, 1.54) is 18.2 Å². The topological polar surface area (TPSA) is 131 Å². The van der Waals surface area contributed by atoms with Crippen LogP contribution in [0.15, 0.2) is 23.1 Å². The third kappa shape index (κ3) is 6.82. The molecule has 0 heterocycles. The van der Waals surface area contributed by atoms with Crippen molar-refractivity contribution in [3.8, 4) is 0 Å². The molecule has 10 heteroatoms. The second-order valence-corrected chi connectivity index (χ2v) is 8.68. The molecule has 1 aromatic rings. The normalized spacial score (nSPS) is 14.8. The van der Waals surface area contributed by atoms with Crippen LogP contribution in [0.2, 0.25) is 0 Å². The highest BCUT2D eigenvalue weighted by molar-refractivity contribution is 7.89. The van der Waals surface area contributed by atoms with E-state index in [-0.39, 0.29) is 23.0 Å². The van der Waals surface area contributed by atoms with Gasteiger partial charge in [0.15, 0.2) is 6.61 Å². The van der Waals surface area contributed by atoms with E-state index in [9.17, 15) is 22.8 Å². The number of rotatable bonds is 7. The van der Waals surface area contributed by atoms with E-state index in [2.05, 4.69) is 15.4 Å². The van der Waals surface area contributed by atoms with Crippen molar-refractivity contribution in [3.05, 3.63) is 29.3 Å². The predicted octanol–water partition coefficient (Wildman–Crippen LogP) is 1.61. The summed E-state index contributed by atoms with van der Waals surface area (Å²) in [6.45, 7) is 2.82. The second-order valence-electron chi connectivity index (χ2n) is 6.91. The fourth-order valence-electron chi connectivity index (χ4n) is 3.10. The molecule has 1 fully saturated rings. The summed E-state index contributed by atoms with van der Waals surface area (Å²) >= 11 is 0. The van der Waals surface area contributed by atoms with E-state index in [1.807, 2.05) is 0 Å². The Kier molecular flexibility index (Phi) is 8.15. The Bertz CT molecular complexity index is 863. The summed E-state index contributed by atoms with van der Waals surface area (Å²) in [6, 6.07) is 3.49. The highest BCUT2D eigenvalue weighted by Crippen LogP contribution is 2.18. The molecule has 3 N–H and O–H groups in total. The van der Waals surface area contributed by atoms with Gasteiger partial charge >= 0.3 is 12.0 Å². The Morgan fingerprint density at radius 2 is 1.83 bits per heavy atom. The molecule has 9 nitrogen and oxygen atoms in total. The van der Waals surface area contributed by atoms with Crippen LogP contribution in [0.3, 0.4) is 0 Å². The summed E-state index contributed by atoms with van der Waals surface area (Å²) in [5.41, 5.74) is 0.532. The van der Waals surface area contributed by atoms with E-state index in [1.54, 1.807) is 13.8 Å². The number of aryl methyl sites for hydroxylation is 1.